The average molecular weight is 207 g/mol. The lowest BCUT2D eigenvalue weighted by Crippen LogP contribution is -2.01. The number of halogens is 1. The Labute approximate surface area is 86.1 Å². The number of ether oxygens (including phenoxy) is 1. The zero-order chi connectivity index (χ0) is 10.8. The molecule has 0 saturated carbocycles. The van der Waals surface area contributed by atoms with Gasteiger partial charge in [-0.1, -0.05) is 0 Å². The Kier molecular flexibility index (Phi) is 2.29. The van der Waals surface area contributed by atoms with Gasteiger partial charge < -0.3 is 10.5 Å². The molecule has 0 radical (unpaired) electrons. The summed E-state index contributed by atoms with van der Waals surface area (Å²) in [5.41, 5.74) is 6.14. The van der Waals surface area contributed by atoms with Crippen molar-refractivity contribution < 1.29 is 9.13 Å². The van der Waals surface area contributed by atoms with Crippen LogP contribution in [0.4, 0.5) is 10.1 Å². The lowest BCUT2D eigenvalue weighted by molar-refractivity contribution is 0.415. The van der Waals surface area contributed by atoms with Crippen molar-refractivity contribution in [2.24, 2.45) is 0 Å². The summed E-state index contributed by atoms with van der Waals surface area (Å²) in [6, 6.07) is 4.44. The van der Waals surface area contributed by atoms with Crippen LogP contribution >= 0.6 is 0 Å². The van der Waals surface area contributed by atoms with Crippen molar-refractivity contribution in [1.29, 1.82) is 0 Å². The number of nitrogens with zero attached hydrogens (tertiary/aromatic N) is 2. The number of methoxy groups -OCH3 is 1. The molecule has 0 aliphatic carbocycles. The molecule has 1 aromatic heterocycles. The van der Waals surface area contributed by atoms with Gasteiger partial charge in [0.25, 0.3) is 0 Å². The van der Waals surface area contributed by atoms with Gasteiger partial charge in [-0.15, -0.1) is 0 Å². The fourth-order valence-electron chi connectivity index (χ4n) is 1.32. The summed E-state index contributed by atoms with van der Waals surface area (Å²) in [6.45, 7) is 0. The molecule has 0 unspecified atom stereocenters. The van der Waals surface area contributed by atoms with Crippen LogP contribution in [0, 0.1) is 5.82 Å². The van der Waals surface area contributed by atoms with Crippen LogP contribution in [0.2, 0.25) is 0 Å². The molecular formula is C10H10FN3O. The van der Waals surface area contributed by atoms with Crippen LogP contribution in [0.5, 0.6) is 5.75 Å². The molecule has 15 heavy (non-hydrogen) atoms. The monoisotopic (exact) mass is 207 g/mol. The van der Waals surface area contributed by atoms with Crippen LogP contribution in [-0.4, -0.2) is 16.9 Å². The van der Waals surface area contributed by atoms with Crippen molar-refractivity contribution in [1.82, 2.24) is 9.78 Å². The summed E-state index contributed by atoms with van der Waals surface area (Å²) < 4.78 is 20.0. The molecule has 2 aromatic rings. The van der Waals surface area contributed by atoms with Crippen LogP contribution in [0.1, 0.15) is 0 Å². The van der Waals surface area contributed by atoms with E-state index in [2.05, 4.69) is 5.10 Å². The van der Waals surface area contributed by atoms with Crippen LogP contribution < -0.4 is 10.5 Å². The molecule has 0 bridgehead atoms. The first-order valence-corrected chi connectivity index (χ1v) is 4.35. The van der Waals surface area contributed by atoms with Crippen molar-refractivity contribution >= 4 is 5.69 Å². The Bertz CT molecular complexity index is 468. The number of aromatic nitrogens is 2. The summed E-state index contributed by atoms with van der Waals surface area (Å²) in [4.78, 5) is 0. The molecule has 2 N–H and O–H groups in total. The Balaban J connectivity index is 2.57. The summed E-state index contributed by atoms with van der Waals surface area (Å²) in [7, 11) is 1.48. The lowest BCUT2D eigenvalue weighted by Gasteiger charge is -2.08. The third-order valence-electron chi connectivity index (χ3n) is 2.05. The smallest absolute Gasteiger partial charge is 0.151 e. The maximum absolute atomic E-state index is 13.5. The zero-order valence-electron chi connectivity index (χ0n) is 8.14. The van der Waals surface area contributed by atoms with Gasteiger partial charge in [0.05, 0.1) is 12.8 Å². The fourth-order valence-corrected chi connectivity index (χ4v) is 1.32. The van der Waals surface area contributed by atoms with E-state index < -0.39 is 5.82 Å². The molecule has 4 nitrogen and oxygen atoms in total. The van der Waals surface area contributed by atoms with E-state index in [1.54, 1.807) is 18.5 Å². The quantitative estimate of drug-likeness (QED) is 0.761. The number of benzene rings is 1. The minimum Gasteiger partial charge on any atom is -0.495 e. The van der Waals surface area contributed by atoms with Gasteiger partial charge in [0.2, 0.25) is 0 Å². The van der Waals surface area contributed by atoms with Gasteiger partial charge in [0, 0.05) is 24.5 Å². The molecule has 1 aromatic carbocycles. The summed E-state index contributed by atoms with van der Waals surface area (Å²) in [5.74, 6) is -0.00102. The molecule has 0 spiro atoms. The predicted molar refractivity (Wildman–Crippen MR) is 54.5 cm³/mol. The molecule has 5 heteroatoms. The third kappa shape index (κ3) is 1.63. The van der Waals surface area contributed by atoms with E-state index in [4.69, 9.17) is 10.5 Å². The number of rotatable bonds is 2. The predicted octanol–water partition coefficient (Wildman–Crippen LogP) is 1.60. The van der Waals surface area contributed by atoms with E-state index in [0.29, 0.717) is 11.4 Å². The normalized spacial score (nSPS) is 10.3. The van der Waals surface area contributed by atoms with Gasteiger partial charge in [-0.05, 0) is 6.07 Å². The molecule has 2 rings (SSSR count). The van der Waals surface area contributed by atoms with Crippen molar-refractivity contribution in [3.8, 4) is 11.4 Å². The first kappa shape index (κ1) is 9.51. The number of hydrogen-bond acceptors (Lipinski definition) is 3. The minimum atomic E-state index is -0.433. The van der Waals surface area contributed by atoms with Gasteiger partial charge in [-0.25, -0.2) is 9.07 Å². The van der Waals surface area contributed by atoms with Crippen molar-refractivity contribution in [2.75, 3.05) is 12.8 Å². The topological polar surface area (TPSA) is 53.1 Å². The highest BCUT2D eigenvalue weighted by molar-refractivity contribution is 5.58. The molecule has 0 aliphatic rings. The molecular weight excluding hydrogens is 197 g/mol. The number of hydrogen-bond donors (Lipinski definition) is 1. The van der Waals surface area contributed by atoms with Crippen LogP contribution in [0.25, 0.3) is 5.69 Å². The highest BCUT2D eigenvalue weighted by atomic mass is 19.1. The second-order valence-corrected chi connectivity index (χ2v) is 3.00. The Morgan fingerprint density at radius 3 is 2.87 bits per heavy atom. The second kappa shape index (κ2) is 3.61. The highest BCUT2D eigenvalue weighted by Crippen LogP contribution is 2.26. The van der Waals surface area contributed by atoms with E-state index in [1.807, 2.05) is 0 Å². The largest absolute Gasteiger partial charge is 0.495 e. The first-order chi connectivity index (χ1) is 7.22. The maximum atomic E-state index is 13.5. The van der Waals surface area contributed by atoms with Crippen LogP contribution in [0.3, 0.4) is 0 Å². The first-order valence-electron chi connectivity index (χ1n) is 4.35. The molecule has 0 atom stereocenters. The SMILES string of the molecule is COc1cc(-n2cccn2)c(F)cc1N. The summed E-state index contributed by atoms with van der Waals surface area (Å²) >= 11 is 0. The van der Waals surface area contributed by atoms with E-state index >= 15 is 0 Å². The van der Waals surface area contributed by atoms with Crippen LogP contribution in [-0.2, 0) is 0 Å². The number of nitrogens with two attached hydrogens (primary N) is 1. The van der Waals surface area contributed by atoms with Gasteiger partial charge in [0.1, 0.15) is 11.4 Å². The van der Waals surface area contributed by atoms with E-state index in [9.17, 15) is 4.39 Å². The minimum absolute atomic E-state index is 0.269. The van der Waals surface area contributed by atoms with Crippen molar-refractivity contribution in [3.63, 3.8) is 0 Å². The number of nitrogen functional groups attached to an aromatic ring is 1. The molecule has 0 aliphatic heterocycles. The second-order valence-electron chi connectivity index (χ2n) is 3.00. The summed E-state index contributed by atoms with van der Waals surface area (Å²) in [5, 5.41) is 3.93. The fraction of sp³-hybridized carbons (Fsp3) is 0.100. The van der Waals surface area contributed by atoms with Gasteiger partial charge >= 0.3 is 0 Å². The molecule has 0 amide bonds. The zero-order valence-corrected chi connectivity index (χ0v) is 8.14. The van der Waals surface area contributed by atoms with Gasteiger partial charge in [-0.2, -0.15) is 5.10 Å². The lowest BCUT2D eigenvalue weighted by atomic mass is 10.2. The third-order valence-corrected chi connectivity index (χ3v) is 2.05. The molecule has 0 saturated heterocycles. The Morgan fingerprint density at radius 1 is 1.47 bits per heavy atom. The van der Waals surface area contributed by atoms with Crippen molar-refractivity contribution in [3.05, 3.63) is 36.4 Å². The summed E-state index contributed by atoms with van der Waals surface area (Å²) in [6.07, 6.45) is 3.22. The Morgan fingerprint density at radius 2 is 2.27 bits per heavy atom. The average Bonchev–Trinajstić information content (AvgIpc) is 2.71. The van der Waals surface area contributed by atoms with E-state index in [0.717, 1.165) is 0 Å². The standard InChI is InChI=1S/C10H10FN3O/c1-15-10-6-9(7(11)5-8(10)12)14-4-2-3-13-14/h2-6H,12H2,1H3. The molecule has 78 valence electrons. The highest BCUT2D eigenvalue weighted by Gasteiger charge is 2.09. The van der Waals surface area contributed by atoms with Crippen molar-refractivity contribution in [2.45, 2.75) is 0 Å². The molecule has 1 heterocycles. The van der Waals surface area contributed by atoms with Crippen LogP contribution in [0.15, 0.2) is 30.6 Å². The van der Waals surface area contributed by atoms with Gasteiger partial charge in [0.15, 0.2) is 5.82 Å². The van der Waals surface area contributed by atoms with Gasteiger partial charge in [-0.3, -0.25) is 0 Å². The van der Waals surface area contributed by atoms with E-state index in [-0.39, 0.29) is 5.69 Å². The maximum Gasteiger partial charge on any atom is 0.151 e. The Hall–Kier alpha value is -2.04. The van der Waals surface area contributed by atoms with E-state index in [1.165, 1.54) is 23.9 Å². The molecule has 0 fully saturated rings. The number of anilines is 1.